The predicted molar refractivity (Wildman–Crippen MR) is 70.7 cm³/mol. The van der Waals surface area contributed by atoms with Crippen LogP contribution in [-0.4, -0.2) is 40.3 Å². The van der Waals surface area contributed by atoms with Crippen LogP contribution < -0.4 is 4.74 Å². The van der Waals surface area contributed by atoms with Crippen molar-refractivity contribution in [3.05, 3.63) is 23.8 Å². The molecule has 1 aromatic rings. The topological polar surface area (TPSA) is 78.9 Å². The van der Waals surface area contributed by atoms with E-state index in [1.807, 2.05) is 0 Å². The van der Waals surface area contributed by atoms with Crippen molar-refractivity contribution >= 4 is 25.7 Å². The van der Waals surface area contributed by atoms with Crippen molar-refractivity contribution < 1.29 is 27.4 Å². The van der Waals surface area contributed by atoms with Crippen LogP contribution in [0.5, 0.6) is 5.75 Å². The van der Waals surface area contributed by atoms with Crippen LogP contribution in [0.1, 0.15) is 17.3 Å². The molecule has 0 amide bonds. The van der Waals surface area contributed by atoms with Gasteiger partial charge >= 0.3 is 5.97 Å². The van der Waals surface area contributed by atoms with Crippen LogP contribution in [0.4, 0.5) is 0 Å². The average Bonchev–Trinajstić information content (AvgIpc) is 2.33. The van der Waals surface area contributed by atoms with Crippen molar-refractivity contribution in [2.45, 2.75) is 17.9 Å². The molecule has 1 saturated heterocycles. The molecule has 0 N–H and O–H groups in total. The maximum absolute atomic E-state index is 12.0. The van der Waals surface area contributed by atoms with E-state index in [1.165, 1.54) is 12.1 Å². The van der Waals surface area contributed by atoms with Crippen LogP contribution in [0.25, 0.3) is 0 Å². The number of carbonyl (C=O) groups is 1. The van der Waals surface area contributed by atoms with E-state index in [4.69, 9.17) is 24.9 Å². The maximum atomic E-state index is 12.0. The number of hydrogen-bond donors (Lipinski definition) is 0. The fraction of sp³-hybridized carbons (Fsp3) is 0.417. The number of esters is 1. The normalized spacial score (nSPS) is 15.5. The first-order valence-electron chi connectivity index (χ1n) is 5.92. The van der Waals surface area contributed by atoms with Crippen LogP contribution in [-0.2, 0) is 18.5 Å². The van der Waals surface area contributed by atoms with Crippen LogP contribution in [0.15, 0.2) is 23.1 Å². The lowest BCUT2D eigenvalue weighted by atomic mass is 10.2. The maximum Gasteiger partial charge on any atom is 0.342 e. The molecule has 2 rings (SSSR count). The third-order valence-electron chi connectivity index (χ3n) is 2.63. The third-order valence-corrected chi connectivity index (χ3v) is 3.99. The van der Waals surface area contributed by atoms with Gasteiger partial charge in [0.15, 0.2) is 0 Å². The van der Waals surface area contributed by atoms with Gasteiger partial charge in [-0.2, -0.15) is 0 Å². The summed E-state index contributed by atoms with van der Waals surface area (Å²) in [5.41, 5.74) is 0.0282. The minimum atomic E-state index is -3.93. The molecule has 0 unspecified atom stereocenters. The van der Waals surface area contributed by atoms with Gasteiger partial charge in [0.05, 0.1) is 24.7 Å². The standard InChI is InChI=1S/C12H13ClO6S/c1-2-18-11-4-3-9(20(13,15)16)5-10(11)12(14)19-8-6-17-7-8/h3-5,8H,2,6-7H2,1H3. The van der Waals surface area contributed by atoms with Gasteiger partial charge < -0.3 is 14.2 Å². The molecule has 0 bridgehead atoms. The van der Waals surface area contributed by atoms with E-state index < -0.39 is 15.0 Å². The van der Waals surface area contributed by atoms with E-state index >= 15 is 0 Å². The highest BCUT2D eigenvalue weighted by Gasteiger charge is 2.26. The Bertz CT molecular complexity index is 608. The van der Waals surface area contributed by atoms with Crippen molar-refractivity contribution in [1.29, 1.82) is 0 Å². The second kappa shape index (κ2) is 5.99. The monoisotopic (exact) mass is 320 g/mol. The summed E-state index contributed by atoms with van der Waals surface area (Å²) in [7, 11) is 1.34. The molecular formula is C12H13ClO6S. The summed E-state index contributed by atoms with van der Waals surface area (Å²) < 4.78 is 38.0. The van der Waals surface area contributed by atoms with Crippen LogP contribution in [0.2, 0.25) is 0 Å². The van der Waals surface area contributed by atoms with Gasteiger partial charge in [-0.15, -0.1) is 0 Å². The highest BCUT2D eigenvalue weighted by molar-refractivity contribution is 8.13. The van der Waals surface area contributed by atoms with Crippen molar-refractivity contribution in [1.82, 2.24) is 0 Å². The van der Waals surface area contributed by atoms with Crippen molar-refractivity contribution in [3.8, 4) is 5.75 Å². The van der Waals surface area contributed by atoms with Gasteiger partial charge in [-0.1, -0.05) is 0 Å². The summed E-state index contributed by atoms with van der Waals surface area (Å²) in [4.78, 5) is 11.8. The zero-order chi connectivity index (χ0) is 14.8. The summed E-state index contributed by atoms with van der Waals surface area (Å²) in [5.74, 6) is -0.411. The summed E-state index contributed by atoms with van der Waals surface area (Å²) in [5, 5.41) is 0. The molecule has 1 aliphatic rings. The van der Waals surface area contributed by atoms with Crippen molar-refractivity contribution in [2.75, 3.05) is 19.8 Å². The highest BCUT2D eigenvalue weighted by Crippen LogP contribution is 2.26. The molecule has 0 spiro atoms. The lowest BCUT2D eigenvalue weighted by Gasteiger charge is -2.25. The van der Waals surface area contributed by atoms with E-state index in [-0.39, 0.29) is 22.3 Å². The molecular weight excluding hydrogens is 308 g/mol. The molecule has 1 fully saturated rings. The van der Waals surface area contributed by atoms with Gasteiger partial charge in [-0.25, -0.2) is 13.2 Å². The van der Waals surface area contributed by atoms with Gasteiger partial charge in [0, 0.05) is 10.7 Å². The van der Waals surface area contributed by atoms with Gasteiger partial charge in [0.1, 0.15) is 17.4 Å². The number of hydrogen-bond acceptors (Lipinski definition) is 6. The quantitative estimate of drug-likeness (QED) is 0.605. The molecule has 1 aromatic carbocycles. The average molecular weight is 321 g/mol. The molecule has 0 saturated carbocycles. The van der Waals surface area contributed by atoms with Crippen LogP contribution >= 0.6 is 10.7 Å². The van der Waals surface area contributed by atoms with Crippen molar-refractivity contribution in [3.63, 3.8) is 0 Å². The van der Waals surface area contributed by atoms with E-state index in [0.29, 0.717) is 19.8 Å². The Balaban J connectivity index is 2.32. The fourth-order valence-corrected chi connectivity index (χ4v) is 2.38. The smallest absolute Gasteiger partial charge is 0.342 e. The Morgan fingerprint density at radius 2 is 2.15 bits per heavy atom. The van der Waals surface area contributed by atoms with Gasteiger partial charge in [0.25, 0.3) is 9.05 Å². The van der Waals surface area contributed by atoms with Gasteiger partial charge in [-0.05, 0) is 25.1 Å². The van der Waals surface area contributed by atoms with Gasteiger partial charge in [-0.3, -0.25) is 0 Å². The Labute approximate surface area is 121 Å². The van der Waals surface area contributed by atoms with Crippen molar-refractivity contribution in [2.24, 2.45) is 0 Å². The lowest BCUT2D eigenvalue weighted by Crippen LogP contribution is -2.37. The minimum absolute atomic E-state index is 0.0282. The van der Waals surface area contributed by atoms with E-state index in [2.05, 4.69) is 0 Å². The first kappa shape index (κ1) is 15.1. The number of ether oxygens (including phenoxy) is 3. The molecule has 110 valence electrons. The predicted octanol–water partition coefficient (Wildman–Crippen LogP) is 1.57. The molecule has 6 nitrogen and oxygen atoms in total. The minimum Gasteiger partial charge on any atom is -0.493 e. The van der Waals surface area contributed by atoms with E-state index in [1.54, 1.807) is 6.92 Å². The number of rotatable bonds is 5. The summed E-state index contributed by atoms with van der Waals surface area (Å²) in [6, 6.07) is 3.80. The Morgan fingerprint density at radius 3 is 2.65 bits per heavy atom. The first-order valence-corrected chi connectivity index (χ1v) is 8.23. The number of halogens is 1. The number of benzene rings is 1. The second-order valence-electron chi connectivity index (χ2n) is 4.09. The second-order valence-corrected chi connectivity index (χ2v) is 6.66. The summed E-state index contributed by atoms with van der Waals surface area (Å²) in [6.07, 6.45) is -0.312. The van der Waals surface area contributed by atoms with E-state index in [0.717, 1.165) is 6.07 Å². The molecule has 0 radical (unpaired) electrons. The zero-order valence-electron chi connectivity index (χ0n) is 10.7. The Hall–Kier alpha value is -1.31. The fourth-order valence-electron chi connectivity index (χ4n) is 1.60. The SMILES string of the molecule is CCOc1ccc(S(=O)(=O)Cl)cc1C(=O)OC1COC1. The highest BCUT2D eigenvalue weighted by atomic mass is 35.7. The Morgan fingerprint density at radius 1 is 1.45 bits per heavy atom. The summed E-state index contributed by atoms with van der Waals surface area (Å²) >= 11 is 0. The molecule has 1 aliphatic heterocycles. The molecule has 8 heteroatoms. The molecule has 0 aromatic heterocycles. The molecule has 0 atom stereocenters. The van der Waals surface area contributed by atoms with Crippen LogP contribution in [0, 0.1) is 0 Å². The van der Waals surface area contributed by atoms with Gasteiger partial charge in [0.2, 0.25) is 0 Å². The Kier molecular flexibility index (Phi) is 4.52. The van der Waals surface area contributed by atoms with E-state index in [9.17, 15) is 13.2 Å². The lowest BCUT2D eigenvalue weighted by molar-refractivity contribution is -0.103. The molecule has 0 aliphatic carbocycles. The largest absolute Gasteiger partial charge is 0.493 e. The zero-order valence-corrected chi connectivity index (χ0v) is 12.2. The number of carbonyl (C=O) groups excluding carboxylic acids is 1. The summed E-state index contributed by atoms with van der Waals surface area (Å²) in [6.45, 7) is 2.76. The van der Waals surface area contributed by atoms with Crippen LogP contribution in [0.3, 0.4) is 0 Å². The molecule has 20 heavy (non-hydrogen) atoms. The third kappa shape index (κ3) is 3.41. The molecule has 1 heterocycles. The first-order chi connectivity index (χ1) is 9.41.